The van der Waals surface area contributed by atoms with E-state index in [4.69, 9.17) is 14.2 Å². The summed E-state index contributed by atoms with van der Waals surface area (Å²) in [4.78, 5) is 38.0. The standard InChI is InChI=1S/C57H96O6/c1-4-7-10-13-16-19-22-25-26-27-28-29-30-33-35-38-41-44-47-50-56(59)62-53-54(63-57(60)51-48-45-42-39-36-32-24-21-18-15-12-9-6-3)52-61-55(58)49-46-43-40-37-34-31-23-20-17-14-11-8-5-2/h7,9-10,12,15-16,18-19,21,24-26,31,34,54H,4-6,8,11,13-14,17,20,22-23,27-30,32-33,35-53H2,1-3H3/b10-7-,12-9-,18-15-,19-16-,24-21-,26-25-,34-31-. The first-order chi connectivity index (χ1) is 31.0. The summed E-state index contributed by atoms with van der Waals surface area (Å²) in [6, 6.07) is 0. The van der Waals surface area contributed by atoms with Crippen molar-refractivity contribution in [2.45, 2.75) is 245 Å². The largest absolute Gasteiger partial charge is 0.462 e. The molecule has 360 valence electrons. The topological polar surface area (TPSA) is 78.9 Å². The minimum Gasteiger partial charge on any atom is -0.462 e. The molecule has 0 amide bonds. The molecule has 0 aromatic rings. The van der Waals surface area contributed by atoms with Gasteiger partial charge in [-0.15, -0.1) is 0 Å². The van der Waals surface area contributed by atoms with Gasteiger partial charge < -0.3 is 14.2 Å². The molecule has 0 fully saturated rings. The summed E-state index contributed by atoms with van der Waals surface area (Å²) in [7, 11) is 0. The van der Waals surface area contributed by atoms with Gasteiger partial charge >= 0.3 is 17.9 Å². The Morgan fingerprint density at radius 1 is 0.349 bits per heavy atom. The molecule has 0 aromatic carbocycles. The monoisotopic (exact) mass is 877 g/mol. The summed E-state index contributed by atoms with van der Waals surface area (Å²) in [5.74, 6) is -0.936. The number of hydrogen-bond donors (Lipinski definition) is 0. The molecule has 0 aliphatic carbocycles. The first-order valence-corrected chi connectivity index (χ1v) is 26.1. The zero-order valence-corrected chi connectivity index (χ0v) is 41.1. The van der Waals surface area contributed by atoms with Crippen LogP contribution in [0.1, 0.15) is 239 Å². The molecule has 1 unspecified atom stereocenters. The van der Waals surface area contributed by atoms with E-state index in [9.17, 15) is 14.4 Å². The second-order valence-corrected chi connectivity index (χ2v) is 17.1. The summed E-state index contributed by atoms with van der Waals surface area (Å²) < 4.78 is 16.8. The van der Waals surface area contributed by atoms with Crippen LogP contribution in [-0.2, 0) is 28.6 Å². The van der Waals surface area contributed by atoms with Crippen molar-refractivity contribution in [1.82, 2.24) is 0 Å². The molecule has 63 heavy (non-hydrogen) atoms. The van der Waals surface area contributed by atoms with E-state index in [0.717, 1.165) is 116 Å². The molecule has 0 N–H and O–H groups in total. The van der Waals surface area contributed by atoms with Crippen LogP contribution in [0.2, 0.25) is 0 Å². The van der Waals surface area contributed by atoms with E-state index < -0.39 is 6.10 Å². The van der Waals surface area contributed by atoms with Gasteiger partial charge in [0.15, 0.2) is 6.10 Å². The summed E-state index contributed by atoms with van der Waals surface area (Å²) in [6.07, 6.45) is 65.7. The van der Waals surface area contributed by atoms with E-state index in [1.165, 1.54) is 83.5 Å². The van der Waals surface area contributed by atoms with Crippen LogP contribution in [0, 0.1) is 0 Å². The minimum atomic E-state index is -0.795. The number of unbranched alkanes of at least 4 members (excludes halogenated alkanes) is 23. The lowest BCUT2D eigenvalue weighted by Crippen LogP contribution is -2.30. The minimum absolute atomic E-state index is 0.0930. The van der Waals surface area contributed by atoms with Crippen molar-refractivity contribution in [3.05, 3.63) is 85.1 Å². The van der Waals surface area contributed by atoms with Gasteiger partial charge in [0.1, 0.15) is 13.2 Å². The average molecular weight is 877 g/mol. The average Bonchev–Trinajstić information content (AvgIpc) is 3.28. The number of esters is 3. The number of rotatable bonds is 46. The number of carbonyl (C=O) groups is 3. The van der Waals surface area contributed by atoms with Gasteiger partial charge in [0.2, 0.25) is 0 Å². The van der Waals surface area contributed by atoms with Crippen molar-refractivity contribution in [2.24, 2.45) is 0 Å². The molecule has 6 heteroatoms. The maximum absolute atomic E-state index is 12.8. The van der Waals surface area contributed by atoms with Gasteiger partial charge in [-0.3, -0.25) is 14.4 Å². The smallest absolute Gasteiger partial charge is 0.306 e. The summed E-state index contributed by atoms with van der Waals surface area (Å²) in [5.41, 5.74) is 0. The van der Waals surface area contributed by atoms with Crippen molar-refractivity contribution >= 4 is 17.9 Å². The number of hydrogen-bond acceptors (Lipinski definition) is 6. The Kier molecular flexibility index (Phi) is 48.5. The van der Waals surface area contributed by atoms with Crippen LogP contribution in [0.5, 0.6) is 0 Å². The van der Waals surface area contributed by atoms with Crippen molar-refractivity contribution < 1.29 is 28.6 Å². The first kappa shape index (κ1) is 59.6. The van der Waals surface area contributed by atoms with Crippen molar-refractivity contribution in [3.8, 4) is 0 Å². The van der Waals surface area contributed by atoms with Gasteiger partial charge in [-0.1, -0.05) is 209 Å². The van der Waals surface area contributed by atoms with Gasteiger partial charge in [-0.05, 0) is 96.3 Å². The van der Waals surface area contributed by atoms with Gasteiger partial charge in [0, 0.05) is 19.3 Å². The zero-order chi connectivity index (χ0) is 45.8. The molecule has 0 bridgehead atoms. The molecule has 0 radical (unpaired) electrons. The Morgan fingerprint density at radius 3 is 1.17 bits per heavy atom. The predicted octanol–water partition coefficient (Wildman–Crippen LogP) is 17.2. The molecule has 0 spiro atoms. The summed E-state index contributed by atoms with van der Waals surface area (Å²) in [6.45, 7) is 6.35. The molecule has 0 aliphatic heterocycles. The van der Waals surface area contributed by atoms with E-state index >= 15 is 0 Å². The molecule has 0 rings (SSSR count). The highest BCUT2D eigenvalue weighted by Gasteiger charge is 2.19. The fraction of sp³-hybridized carbons (Fsp3) is 0.702. The third-order valence-electron chi connectivity index (χ3n) is 10.9. The molecular weight excluding hydrogens is 781 g/mol. The van der Waals surface area contributed by atoms with Crippen LogP contribution in [0.3, 0.4) is 0 Å². The number of carbonyl (C=O) groups excluding carboxylic acids is 3. The van der Waals surface area contributed by atoms with E-state index in [1.54, 1.807) is 0 Å². The fourth-order valence-corrected chi connectivity index (χ4v) is 7.04. The molecule has 0 saturated heterocycles. The van der Waals surface area contributed by atoms with E-state index in [-0.39, 0.29) is 31.1 Å². The van der Waals surface area contributed by atoms with Crippen molar-refractivity contribution in [1.29, 1.82) is 0 Å². The van der Waals surface area contributed by atoms with Crippen LogP contribution >= 0.6 is 0 Å². The van der Waals surface area contributed by atoms with Gasteiger partial charge in [0.25, 0.3) is 0 Å². The van der Waals surface area contributed by atoms with Crippen molar-refractivity contribution in [3.63, 3.8) is 0 Å². The van der Waals surface area contributed by atoms with Gasteiger partial charge in [0.05, 0.1) is 0 Å². The van der Waals surface area contributed by atoms with Crippen LogP contribution in [0.4, 0.5) is 0 Å². The van der Waals surface area contributed by atoms with E-state index in [1.807, 2.05) is 0 Å². The maximum Gasteiger partial charge on any atom is 0.306 e. The Labute approximate surface area is 388 Å². The van der Waals surface area contributed by atoms with Crippen LogP contribution in [-0.4, -0.2) is 37.2 Å². The molecule has 6 nitrogen and oxygen atoms in total. The summed E-state index contributed by atoms with van der Waals surface area (Å²) >= 11 is 0. The van der Waals surface area contributed by atoms with E-state index in [0.29, 0.717) is 19.3 Å². The lowest BCUT2D eigenvalue weighted by atomic mass is 10.1. The van der Waals surface area contributed by atoms with Gasteiger partial charge in [-0.2, -0.15) is 0 Å². The molecule has 0 aromatic heterocycles. The Bertz CT molecular complexity index is 1240. The number of ether oxygens (including phenoxy) is 3. The van der Waals surface area contributed by atoms with Crippen LogP contribution < -0.4 is 0 Å². The maximum atomic E-state index is 12.8. The highest BCUT2D eigenvalue weighted by molar-refractivity contribution is 5.71. The molecule has 0 heterocycles. The SMILES string of the molecule is CC\C=C/C=C\C=C/CCCCCCCC(=O)OC(COC(=O)CCCCC/C=C\CCCCCCCC)COC(=O)CCCCCCCCCCC/C=C\C/C=C\C/C=C\CC. The van der Waals surface area contributed by atoms with Crippen LogP contribution in [0.25, 0.3) is 0 Å². The lowest BCUT2D eigenvalue weighted by molar-refractivity contribution is -0.167. The normalized spacial score (nSPS) is 12.7. The highest BCUT2D eigenvalue weighted by atomic mass is 16.6. The van der Waals surface area contributed by atoms with E-state index in [2.05, 4.69) is 106 Å². The Balaban J connectivity index is 4.40. The second kappa shape index (κ2) is 51.2. The third kappa shape index (κ3) is 49.5. The quantitative estimate of drug-likeness (QED) is 0.0199. The lowest BCUT2D eigenvalue weighted by Gasteiger charge is -2.18. The highest BCUT2D eigenvalue weighted by Crippen LogP contribution is 2.14. The molecular formula is C57H96O6. The van der Waals surface area contributed by atoms with Crippen molar-refractivity contribution in [2.75, 3.05) is 13.2 Å². The summed E-state index contributed by atoms with van der Waals surface area (Å²) in [5, 5.41) is 0. The molecule has 1 atom stereocenters. The van der Waals surface area contributed by atoms with Gasteiger partial charge in [-0.25, -0.2) is 0 Å². The zero-order valence-electron chi connectivity index (χ0n) is 41.1. The molecule has 0 aliphatic rings. The second-order valence-electron chi connectivity index (χ2n) is 17.1. The third-order valence-corrected chi connectivity index (χ3v) is 10.9. The fourth-order valence-electron chi connectivity index (χ4n) is 7.04. The van der Waals surface area contributed by atoms with Crippen LogP contribution in [0.15, 0.2) is 85.1 Å². The number of allylic oxidation sites excluding steroid dienone is 14. The Hall–Kier alpha value is -3.41. The molecule has 0 saturated carbocycles. The predicted molar refractivity (Wildman–Crippen MR) is 270 cm³/mol. The first-order valence-electron chi connectivity index (χ1n) is 26.1. The Morgan fingerprint density at radius 2 is 0.698 bits per heavy atom.